The van der Waals surface area contributed by atoms with Crippen molar-refractivity contribution in [3.05, 3.63) is 134 Å². The minimum Gasteiger partial charge on any atom is -0.456 e. The lowest BCUT2D eigenvalue weighted by molar-refractivity contribution is 0.487. The molecule has 5 nitrogen and oxygen atoms in total. The van der Waals surface area contributed by atoms with Crippen LogP contribution in [0.4, 0.5) is 0 Å². The molecule has 0 atom stereocenters. The maximum atomic E-state index is 6.27. The van der Waals surface area contributed by atoms with Crippen LogP contribution in [0.2, 0.25) is 0 Å². The number of fused-ring (bicyclic) bond motifs is 2. The first kappa shape index (κ1) is 23.2. The van der Waals surface area contributed by atoms with Gasteiger partial charge in [-0.1, -0.05) is 97.1 Å². The summed E-state index contributed by atoms with van der Waals surface area (Å²) < 4.78 is 6.27. The van der Waals surface area contributed by atoms with E-state index in [0.29, 0.717) is 17.5 Å². The number of hydrogen-bond acceptors (Lipinski definition) is 5. The van der Waals surface area contributed by atoms with Crippen molar-refractivity contribution in [2.45, 2.75) is 0 Å². The zero-order chi connectivity index (χ0) is 27.2. The quantitative estimate of drug-likeness (QED) is 0.229. The van der Waals surface area contributed by atoms with Crippen molar-refractivity contribution < 1.29 is 4.74 Å². The van der Waals surface area contributed by atoms with Gasteiger partial charge >= 0.3 is 0 Å². The largest absolute Gasteiger partial charge is 0.456 e. The molecule has 0 amide bonds. The summed E-state index contributed by atoms with van der Waals surface area (Å²) in [4.78, 5) is 19.3. The number of aromatic nitrogens is 4. The molecular weight excluding hydrogens is 504 g/mol. The molecule has 2 aromatic heterocycles. The van der Waals surface area contributed by atoms with E-state index in [4.69, 9.17) is 24.7 Å². The van der Waals surface area contributed by atoms with E-state index in [1.807, 2.05) is 103 Å². The van der Waals surface area contributed by atoms with Crippen molar-refractivity contribution in [1.29, 1.82) is 0 Å². The zero-order valence-corrected chi connectivity index (χ0v) is 21.9. The van der Waals surface area contributed by atoms with Gasteiger partial charge in [0.2, 0.25) is 0 Å². The Balaban J connectivity index is 1.23. The molecule has 3 heterocycles. The van der Waals surface area contributed by atoms with Crippen molar-refractivity contribution in [3.8, 4) is 68.0 Å². The number of pyridine rings is 1. The summed E-state index contributed by atoms with van der Waals surface area (Å²) in [5.74, 6) is 3.58. The molecule has 0 radical (unpaired) electrons. The second-order valence-electron chi connectivity index (χ2n) is 9.91. The van der Waals surface area contributed by atoms with Crippen LogP contribution in [0.25, 0.3) is 67.3 Å². The van der Waals surface area contributed by atoms with Crippen LogP contribution in [0, 0.1) is 0 Å². The summed E-state index contributed by atoms with van der Waals surface area (Å²) in [5, 5.41) is 2.21. The molecule has 41 heavy (non-hydrogen) atoms. The van der Waals surface area contributed by atoms with Gasteiger partial charge in [-0.2, -0.15) is 0 Å². The lowest BCUT2D eigenvalue weighted by atomic mass is 9.91. The molecule has 5 aromatic carbocycles. The monoisotopic (exact) mass is 526 g/mol. The fourth-order valence-corrected chi connectivity index (χ4v) is 5.43. The van der Waals surface area contributed by atoms with E-state index in [1.165, 1.54) is 5.56 Å². The van der Waals surface area contributed by atoms with E-state index in [-0.39, 0.29) is 0 Å². The van der Waals surface area contributed by atoms with E-state index in [9.17, 15) is 0 Å². The zero-order valence-electron chi connectivity index (χ0n) is 21.9. The van der Waals surface area contributed by atoms with Gasteiger partial charge in [0.1, 0.15) is 11.5 Å². The Bertz CT molecular complexity index is 2000. The van der Waals surface area contributed by atoms with Crippen LogP contribution in [-0.2, 0) is 0 Å². The molecule has 5 heteroatoms. The Labute approximate surface area is 236 Å². The highest BCUT2D eigenvalue weighted by atomic mass is 16.5. The van der Waals surface area contributed by atoms with Gasteiger partial charge in [0.05, 0.1) is 5.69 Å². The highest BCUT2D eigenvalue weighted by Gasteiger charge is 2.21. The van der Waals surface area contributed by atoms with E-state index < -0.39 is 0 Å². The summed E-state index contributed by atoms with van der Waals surface area (Å²) in [7, 11) is 0. The van der Waals surface area contributed by atoms with Crippen molar-refractivity contribution in [2.24, 2.45) is 0 Å². The fourth-order valence-electron chi connectivity index (χ4n) is 5.43. The highest BCUT2D eigenvalue weighted by Crippen LogP contribution is 2.48. The Hall–Kier alpha value is -5.68. The second kappa shape index (κ2) is 9.50. The number of rotatable bonds is 4. The van der Waals surface area contributed by atoms with Crippen LogP contribution in [0.1, 0.15) is 0 Å². The summed E-state index contributed by atoms with van der Waals surface area (Å²) in [6.07, 6.45) is 1.84. The summed E-state index contributed by atoms with van der Waals surface area (Å²) in [6, 6.07) is 42.7. The number of benzene rings is 5. The van der Waals surface area contributed by atoms with E-state index in [0.717, 1.165) is 55.8 Å². The van der Waals surface area contributed by atoms with Crippen LogP contribution in [0.15, 0.2) is 134 Å². The highest BCUT2D eigenvalue weighted by molar-refractivity contribution is 6.09. The maximum absolute atomic E-state index is 6.27. The molecule has 1 aliphatic heterocycles. The Kier molecular flexibility index (Phi) is 5.38. The normalized spacial score (nSPS) is 11.6. The summed E-state index contributed by atoms with van der Waals surface area (Å²) in [6.45, 7) is 0. The van der Waals surface area contributed by atoms with Crippen LogP contribution in [0.3, 0.4) is 0 Å². The predicted molar refractivity (Wildman–Crippen MR) is 162 cm³/mol. The average Bonchev–Trinajstić information content (AvgIpc) is 3.06. The summed E-state index contributed by atoms with van der Waals surface area (Å²) in [5.41, 5.74) is 6.89. The van der Waals surface area contributed by atoms with Gasteiger partial charge in [-0.05, 0) is 41.3 Å². The number of nitrogens with zero attached hydrogens (tertiary/aromatic N) is 4. The number of ether oxygens (including phenoxy) is 1. The Morgan fingerprint density at radius 2 is 1.05 bits per heavy atom. The van der Waals surface area contributed by atoms with Crippen molar-refractivity contribution >= 4 is 10.8 Å². The maximum Gasteiger partial charge on any atom is 0.165 e. The van der Waals surface area contributed by atoms with Gasteiger partial charge in [-0.25, -0.2) is 15.0 Å². The average molecular weight is 527 g/mol. The SMILES string of the molecule is c1ccc(-c2nc(-c3ccccc3)nc(-c3ccc(-c4ccc5c6c(cccc46)-c4ccccc4O5)nc3)n2)cc1. The molecule has 0 saturated carbocycles. The van der Waals surface area contributed by atoms with Gasteiger partial charge in [-0.3, -0.25) is 4.98 Å². The second-order valence-corrected chi connectivity index (χ2v) is 9.91. The van der Waals surface area contributed by atoms with Crippen molar-refractivity contribution in [2.75, 3.05) is 0 Å². The van der Waals surface area contributed by atoms with E-state index >= 15 is 0 Å². The predicted octanol–water partition coefficient (Wildman–Crippen LogP) is 8.86. The van der Waals surface area contributed by atoms with Crippen LogP contribution in [-0.4, -0.2) is 19.9 Å². The van der Waals surface area contributed by atoms with Crippen LogP contribution in [0.5, 0.6) is 11.5 Å². The third-order valence-corrected chi connectivity index (χ3v) is 7.40. The lowest BCUT2D eigenvalue weighted by Gasteiger charge is -2.22. The fraction of sp³-hybridized carbons (Fsp3) is 0. The van der Waals surface area contributed by atoms with E-state index in [2.05, 4.69) is 30.3 Å². The van der Waals surface area contributed by atoms with Crippen LogP contribution >= 0.6 is 0 Å². The van der Waals surface area contributed by atoms with Crippen LogP contribution < -0.4 is 4.74 Å². The standard InChI is InChI=1S/C36H22N4O/c1-3-10-23(11-4-1)34-38-35(24-12-5-2-6-13-24)40-36(39-34)25-18-20-30(37-22-25)26-19-21-32-33-28(26)15-9-16-29(33)27-14-7-8-17-31(27)41-32/h1-22H. The molecule has 0 fully saturated rings. The molecule has 192 valence electrons. The third-order valence-electron chi connectivity index (χ3n) is 7.40. The molecular formula is C36H22N4O. The topological polar surface area (TPSA) is 60.8 Å². The lowest BCUT2D eigenvalue weighted by Crippen LogP contribution is -2.00. The summed E-state index contributed by atoms with van der Waals surface area (Å²) >= 11 is 0. The Morgan fingerprint density at radius 1 is 0.415 bits per heavy atom. The van der Waals surface area contributed by atoms with Gasteiger partial charge in [-0.15, -0.1) is 0 Å². The first-order valence-corrected chi connectivity index (χ1v) is 13.5. The number of para-hydroxylation sites is 1. The van der Waals surface area contributed by atoms with E-state index in [1.54, 1.807) is 0 Å². The van der Waals surface area contributed by atoms with Gasteiger partial charge < -0.3 is 4.74 Å². The van der Waals surface area contributed by atoms with Crippen molar-refractivity contribution in [3.63, 3.8) is 0 Å². The Morgan fingerprint density at radius 3 is 1.73 bits per heavy atom. The molecule has 0 aliphatic carbocycles. The minimum atomic E-state index is 0.582. The molecule has 1 aliphatic rings. The van der Waals surface area contributed by atoms with Crippen molar-refractivity contribution in [1.82, 2.24) is 19.9 Å². The first-order chi connectivity index (χ1) is 20.3. The third kappa shape index (κ3) is 4.03. The molecule has 8 rings (SSSR count). The smallest absolute Gasteiger partial charge is 0.165 e. The molecule has 0 N–H and O–H groups in total. The molecule has 0 spiro atoms. The molecule has 0 unspecified atom stereocenters. The van der Waals surface area contributed by atoms with Gasteiger partial charge in [0.15, 0.2) is 17.5 Å². The molecule has 0 saturated heterocycles. The first-order valence-electron chi connectivity index (χ1n) is 13.5. The van der Waals surface area contributed by atoms with Gasteiger partial charge in [0.25, 0.3) is 0 Å². The number of hydrogen-bond donors (Lipinski definition) is 0. The molecule has 7 aromatic rings. The van der Waals surface area contributed by atoms with Gasteiger partial charge in [0, 0.05) is 39.4 Å². The molecule has 0 bridgehead atoms. The minimum absolute atomic E-state index is 0.582.